The molecule has 0 aliphatic heterocycles. The summed E-state index contributed by atoms with van der Waals surface area (Å²) >= 11 is 3.03. The van der Waals surface area contributed by atoms with Gasteiger partial charge in [0, 0.05) is 23.9 Å². The fraction of sp³-hybridized carbons (Fsp3) is 0. The Bertz CT molecular complexity index is 704. The van der Waals surface area contributed by atoms with E-state index in [-0.39, 0.29) is 21.5 Å². The molecule has 7 heteroatoms. The predicted molar refractivity (Wildman–Crippen MR) is 76.1 cm³/mol. The first-order chi connectivity index (χ1) is 9.47. The maximum Gasteiger partial charge on any atom is 0.271 e. The van der Waals surface area contributed by atoms with E-state index in [2.05, 4.69) is 20.9 Å². The number of benzene rings is 2. The second-order valence-corrected chi connectivity index (χ2v) is 4.71. The molecule has 102 valence electrons. The maximum absolute atomic E-state index is 13.0. The van der Waals surface area contributed by atoms with Gasteiger partial charge < -0.3 is 5.11 Å². The van der Waals surface area contributed by atoms with Crippen molar-refractivity contribution in [1.82, 2.24) is 0 Å². The number of phenols is 1. The largest absolute Gasteiger partial charge is 0.506 e. The van der Waals surface area contributed by atoms with Crippen molar-refractivity contribution in [2.75, 3.05) is 0 Å². The normalized spacial score (nSPS) is 10.9. The smallest absolute Gasteiger partial charge is 0.271 e. The number of hydrogen-bond donors (Lipinski definition) is 1. The van der Waals surface area contributed by atoms with E-state index in [0.717, 1.165) is 0 Å². The molecule has 0 radical (unpaired) electrons. The van der Waals surface area contributed by atoms with E-state index >= 15 is 0 Å². The molecule has 2 aromatic rings. The van der Waals surface area contributed by atoms with Crippen LogP contribution in [0.5, 0.6) is 5.75 Å². The maximum atomic E-state index is 13.0. The minimum Gasteiger partial charge on any atom is -0.506 e. The monoisotopic (exact) mass is 338 g/mol. The van der Waals surface area contributed by atoms with Crippen LogP contribution in [0.25, 0.3) is 0 Å². The van der Waals surface area contributed by atoms with Crippen molar-refractivity contribution in [3.05, 3.63) is 62.4 Å². The van der Waals surface area contributed by atoms with Crippen LogP contribution in [0, 0.1) is 15.9 Å². The molecular weight excluding hydrogens is 331 g/mol. The third-order valence-corrected chi connectivity index (χ3v) is 3.05. The summed E-state index contributed by atoms with van der Waals surface area (Å²) in [4.78, 5) is 14.1. The van der Waals surface area contributed by atoms with Gasteiger partial charge in [0.15, 0.2) is 0 Å². The summed E-state index contributed by atoms with van der Waals surface area (Å²) in [6.45, 7) is 0. The van der Waals surface area contributed by atoms with E-state index in [0.29, 0.717) is 5.69 Å². The average Bonchev–Trinajstić information content (AvgIpc) is 2.40. The summed E-state index contributed by atoms with van der Waals surface area (Å²) in [5.74, 6) is -0.611. The Kier molecular flexibility index (Phi) is 4.09. The van der Waals surface area contributed by atoms with Gasteiger partial charge in [0.1, 0.15) is 11.6 Å². The molecule has 1 N–H and O–H groups in total. The van der Waals surface area contributed by atoms with Crippen LogP contribution in [0.15, 0.2) is 45.9 Å². The molecule has 0 aromatic heterocycles. The van der Waals surface area contributed by atoms with E-state index in [9.17, 15) is 19.6 Å². The van der Waals surface area contributed by atoms with Gasteiger partial charge in [-0.1, -0.05) is 6.07 Å². The highest BCUT2D eigenvalue weighted by Gasteiger charge is 2.13. The summed E-state index contributed by atoms with van der Waals surface area (Å²) < 4.78 is 13.2. The Morgan fingerprint density at radius 2 is 2.10 bits per heavy atom. The molecule has 0 bridgehead atoms. The van der Waals surface area contributed by atoms with Crippen LogP contribution in [0.1, 0.15) is 5.56 Å². The van der Waals surface area contributed by atoms with Gasteiger partial charge in [-0.2, -0.15) is 0 Å². The molecule has 0 heterocycles. The summed E-state index contributed by atoms with van der Waals surface area (Å²) in [5, 5.41) is 20.5. The first-order valence-corrected chi connectivity index (χ1v) is 6.23. The first kappa shape index (κ1) is 14.1. The molecule has 0 saturated carbocycles. The summed E-state index contributed by atoms with van der Waals surface area (Å²) in [5.41, 5.74) is 0.317. The van der Waals surface area contributed by atoms with Gasteiger partial charge in [-0.25, -0.2) is 4.39 Å². The van der Waals surface area contributed by atoms with Crippen molar-refractivity contribution in [3.8, 4) is 5.75 Å². The lowest BCUT2D eigenvalue weighted by Gasteiger charge is -2.02. The fourth-order valence-electron chi connectivity index (χ4n) is 1.51. The van der Waals surface area contributed by atoms with E-state index in [4.69, 9.17) is 0 Å². The predicted octanol–water partition coefficient (Wildman–Crippen LogP) is 3.95. The molecule has 20 heavy (non-hydrogen) atoms. The number of aromatic hydroxyl groups is 1. The molecule has 5 nitrogen and oxygen atoms in total. The van der Waals surface area contributed by atoms with Gasteiger partial charge in [0.2, 0.25) is 0 Å². The van der Waals surface area contributed by atoms with Crippen molar-refractivity contribution < 1.29 is 14.4 Å². The van der Waals surface area contributed by atoms with Gasteiger partial charge in [-0.05, 0) is 34.1 Å². The molecule has 0 aliphatic carbocycles. The third-order valence-electron chi connectivity index (χ3n) is 2.45. The van der Waals surface area contributed by atoms with Gasteiger partial charge in [-0.3, -0.25) is 15.1 Å². The van der Waals surface area contributed by atoms with Crippen LogP contribution in [0.4, 0.5) is 15.8 Å². The molecule has 0 spiro atoms. The number of rotatable bonds is 3. The Balaban J connectivity index is 2.40. The molecule has 0 atom stereocenters. The second-order valence-electron chi connectivity index (χ2n) is 3.86. The number of halogens is 2. The van der Waals surface area contributed by atoms with Gasteiger partial charge in [-0.15, -0.1) is 0 Å². The molecule has 2 rings (SSSR count). The Morgan fingerprint density at radius 3 is 2.75 bits per heavy atom. The van der Waals surface area contributed by atoms with Crippen molar-refractivity contribution in [1.29, 1.82) is 0 Å². The van der Waals surface area contributed by atoms with Crippen molar-refractivity contribution in [2.45, 2.75) is 0 Å². The summed E-state index contributed by atoms with van der Waals surface area (Å²) in [6.07, 6.45) is 1.24. The molecule has 0 amide bonds. The zero-order valence-corrected chi connectivity index (χ0v) is 11.5. The molecule has 2 aromatic carbocycles. The highest BCUT2D eigenvalue weighted by atomic mass is 79.9. The number of non-ortho nitro benzene ring substituents is 1. The summed E-state index contributed by atoms with van der Waals surface area (Å²) in [7, 11) is 0. The van der Waals surface area contributed by atoms with E-state index in [1.165, 1.54) is 36.5 Å². The standard InChI is InChI=1S/C13H8BrFN2O3/c14-12-6-11(17(19)20)4-8(13(12)18)7-16-10-3-1-2-9(15)5-10/h1-7,18H. The Hall–Kier alpha value is -2.28. The first-order valence-electron chi connectivity index (χ1n) is 5.44. The highest BCUT2D eigenvalue weighted by molar-refractivity contribution is 9.10. The SMILES string of the molecule is O=[N+]([O-])c1cc(Br)c(O)c(C=Nc2cccc(F)c2)c1. The highest BCUT2D eigenvalue weighted by Crippen LogP contribution is 2.31. The number of nitro benzene ring substituents is 1. The van der Waals surface area contributed by atoms with Crippen molar-refractivity contribution in [2.24, 2.45) is 4.99 Å². The Labute approximate surface area is 121 Å². The van der Waals surface area contributed by atoms with Gasteiger partial charge in [0.05, 0.1) is 15.1 Å². The number of aliphatic imine (C=N–C) groups is 1. The van der Waals surface area contributed by atoms with Gasteiger partial charge >= 0.3 is 0 Å². The van der Waals surface area contributed by atoms with Gasteiger partial charge in [0.25, 0.3) is 5.69 Å². The molecule has 0 unspecified atom stereocenters. The third kappa shape index (κ3) is 3.18. The lowest BCUT2D eigenvalue weighted by molar-refractivity contribution is -0.385. The molecule has 0 aliphatic rings. The summed E-state index contributed by atoms with van der Waals surface area (Å²) in [6, 6.07) is 7.92. The van der Waals surface area contributed by atoms with Crippen LogP contribution in [-0.4, -0.2) is 16.2 Å². The van der Waals surface area contributed by atoms with E-state index in [1.54, 1.807) is 6.07 Å². The topological polar surface area (TPSA) is 75.7 Å². The molecular formula is C13H8BrFN2O3. The quantitative estimate of drug-likeness (QED) is 0.523. The average molecular weight is 339 g/mol. The van der Waals surface area contributed by atoms with Crippen molar-refractivity contribution in [3.63, 3.8) is 0 Å². The fourth-order valence-corrected chi connectivity index (χ4v) is 1.97. The molecule has 0 fully saturated rings. The minimum atomic E-state index is -0.580. The Morgan fingerprint density at radius 1 is 1.35 bits per heavy atom. The zero-order valence-electron chi connectivity index (χ0n) is 9.96. The van der Waals surface area contributed by atoms with Crippen LogP contribution >= 0.6 is 15.9 Å². The number of phenolic OH excluding ortho intramolecular Hbond substituents is 1. The lowest BCUT2D eigenvalue weighted by Crippen LogP contribution is -1.91. The minimum absolute atomic E-state index is 0.162. The van der Waals surface area contributed by atoms with E-state index < -0.39 is 10.7 Å². The van der Waals surface area contributed by atoms with Crippen LogP contribution < -0.4 is 0 Å². The number of hydrogen-bond acceptors (Lipinski definition) is 4. The van der Waals surface area contributed by atoms with E-state index in [1.807, 2.05) is 0 Å². The van der Waals surface area contributed by atoms with Crippen molar-refractivity contribution >= 4 is 33.5 Å². The lowest BCUT2D eigenvalue weighted by atomic mass is 10.2. The van der Waals surface area contributed by atoms with Crippen LogP contribution in [0.3, 0.4) is 0 Å². The van der Waals surface area contributed by atoms with Crippen LogP contribution in [0.2, 0.25) is 0 Å². The van der Waals surface area contributed by atoms with Crippen LogP contribution in [-0.2, 0) is 0 Å². The molecule has 0 saturated heterocycles. The second kappa shape index (κ2) is 5.79. The number of nitrogens with zero attached hydrogens (tertiary/aromatic N) is 2. The number of nitro groups is 1. The zero-order chi connectivity index (χ0) is 14.7.